The van der Waals surface area contributed by atoms with Gasteiger partial charge in [-0.25, -0.2) is 0 Å². The van der Waals surface area contributed by atoms with Crippen molar-refractivity contribution in [2.75, 3.05) is 13.6 Å². The van der Waals surface area contributed by atoms with Crippen molar-refractivity contribution in [1.82, 2.24) is 4.90 Å². The maximum absolute atomic E-state index is 11.5. The van der Waals surface area contributed by atoms with E-state index >= 15 is 0 Å². The standard InChI is InChI=1S/C10H19NO2/c1-10(2,13)9(12)11(3)7-8-5-4-6-8/h8,13H,4-7H2,1-3H3. The summed E-state index contributed by atoms with van der Waals surface area (Å²) in [7, 11) is 1.76. The van der Waals surface area contributed by atoms with E-state index in [2.05, 4.69) is 0 Å². The molecule has 0 bridgehead atoms. The zero-order valence-corrected chi connectivity index (χ0v) is 8.71. The van der Waals surface area contributed by atoms with E-state index in [1.54, 1.807) is 11.9 Å². The molecule has 0 aromatic heterocycles. The molecule has 0 radical (unpaired) electrons. The van der Waals surface area contributed by atoms with Crippen LogP contribution >= 0.6 is 0 Å². The van der Waals surface area contributed by atoms with Gasteiger partial charge in [-0.3, -0.25) is 4.79 Å². The van der Waals surface area contributed by atoms with Gasteiger partial charge in [0.25, 0.3) is 5.91 Å². The highest BCUT2D eigenvalue weighted by molar-refractivity contribution is 5.83. The molecule has 0 unspecified atom stereocenters. The van der Waals surface area contributed by atoms with Gasteiger partial charge in [0.15, 0.2) is 0 Å². The fourth-order valence-corrected chi connectivity index (χ4v) is 1.61. The van der Waals surface area contributed by atoms with Crippen LogP contribution < -0.4 is 0 Å². The predicted octanol–water partition coefficient (Wildman–Crippen LogP) is 1.02. The summed E-state index contributed by atoms with van der Waals surface area (Å²) in [4.78, 5) is 13.2. The Kier molecular flexibility index (Phi) is 2.96. The summed E-state index contributed by atoms with van der Waals surface area (Å²) in [6.07, 6.45) is 3.74. The van der Waals surface area contributed by atoms with Crippen molar-refractivity contribution in [3.05, 3.63) is 0 Å². The second-order valence-electron chi connectivity index (χ2n) is 4.54. The number of likely N-dealkylation sites (N-methyl/N-ethyl adjacent to an activating group) is 1. The first-order chi connectivity index (χ1) is 5.91. The highest BCUT2D eigenvalue weighted by atomic mass is 16.3. The number of carbonyl (C=O) groups excluding carboxylic acids is 1. The smallest absolute Gasteiger partial charge is 0.253 e. The van der Waals surface area contributed by atoms with Crippen LogP contribution in [0.5, 0.6) is 0 Å². The minimum Gasteiger partial charge on any atom is -0.381 e. The third-order valence-corrected chi connectivity index (χ3v) is 2.63. The predicted molar refractivity (Wildman–Crippen MR) is 51.3 cm³/mol. The molecular weight excluding hydrogens is 166 g/mol. The van der Waals surface area contributed by atoms with Crippen LogP contribution in [0.2, 0.25) is 0 Å². The van der Waals surface area contributed by atoms with Crippen molar-refractivity contribution in [3.63, 3.8) is 0 Å². The lowest BCUT2D eigenvalue weighted by Gasteiger charge is -2.32. The quantitative estimate of drug-likeness (QED) is 0.713. The molecule has 1 amide bonds. The molecule has 0 heterocycles. The fourth-order valence-electron chi connectivity index (χ4n) is 1.61. The van der Waals surface area contributed by atoms with E-state index in [-0.39, 0.29) is 5.91 Å². The van der Waals surface area contributed by atoms with Gasteiger partial charge in [0.05, 0.1) is 0 Å². The van der Waals surface area contributed by atoms with Crippen LogP contribution in [-0.4, -0.2) is 35.1 Å². The Hall–Kier alpha value is -0.570. The minimum absolute atomic E-state index is 0.181. The molecule has 1 N–H and O–H groups in total. The van der Waals surface area contributed by atoms with Crippen molar-refractivity contribution < 1.29 is 9.90 Å². The topological polar surface area (TPSA) is 40.5 Å². The summed E-state index contributed by atoms with van der Waals surface area (Å²) in [5.41, 5.74) is -1.22. The average molecular weight is 185 g/mol. The minimum atomic E-state index is -1.22. The largest absolute Gasteiger partial charge is 0.381 e. The van der Waals surface area contributed by atoms with Gasteiger partial charge in [0.1, 0.15) is 5.60 Å². The van der Waals surface area contributed by atoms with Crippen LogP contribution in [0.15, 0.2) is 0 Å². The van der Waals surface area contributed by atoms with Crippen LogP contribution in [0.3, 0.4) is 0 Å². The zero-order valence-electron chi connectivity index (χ0n) is 8.71. The lowest BCUT2D eigenvalue weighted by atomic mass is 9.85. The summed E-state index contributed by atoms with van der Waals surface area (Å²) in [6.45, 7) is 3.86. The Balaban J connectivity index is 2.37. The number of hydrogen-bond donors (Lipinski definition) is 1. The van der Waals surface area contributed by atoms with Crippen molar-refractivity contribution in [2.24, 2.45) is 5.92 Å². The maximum atomic E-state index is 11.5. The third kappa shape index (κ3) is 2.69. The molecule has 1 fully saturated rings. The first kappa shape index (κ1) is 10.5. The van der Waals surface area contributed by atoms with Gasteiger partial charge in [-0.1, -0.05) is 6.42 Å². The highest BCUT2D eigenvalue weighted by Gasteiger charge is 2.29. The van der Waals surface area contributed by atoms with Gasteiger partial charge < -0.3 is 10.0 Å². The molecule has 1 rings (SSSR count). The van der Waals surface area contributed by atoms with Crippen molar-refractivity contribution in [1.29, 1.82) is 0 Å². The van der Waals surface area contributed by atoms with Crippen molar-refractivity contribution in [2.45, 2.75) is 38.7 Å². The second kappa shape index (κ2) is 3.66. The summed E-state index contributed by atoms with van der Waals surface area (Å²) in [5, 5.41) is 9.47. The first-order valence-corrected chi connectivity index (χ1v) is 4.89. The van der Waals surface area contributed by atoms with E-state index in [0.717, 1.165) is 6.54 Å². The summed E-state index contributed by atoms with van der Waals surface area (Å²) in [5.74, 6) is 0.482. The summed E-state index contributed by atoms with van der Waals surface area (Å²) < 4.78 is 0. The van der Waals surface area contributed by atoms with Gasteiger partial charge in [0, 0.05) is 13.6 Å². The van der Waals surface area contributed by atoms with Gasteiger partial charge >= 0.3 is 0 Å². The Bertz CT molecular complexity index is 192. The molecule has 76 valence electrons. The number of rotatable bonds is 3. The van der Waals surface area contributed by atoms with E-state index in [1.807, 2.05) is 0 Å². The summed E-state index contributed by atoms with van der Waals surface area (Å²) >= 11 is 0. The average Bonchev–Trinajstić information content (AvgIpc) is 1.93. The Labute approximate surface area is 79.7 Å². The molecule has 0 saturated heterocycles. The van der Waals surface area contributed by atoms with Crippen LogP contribution in [0, 0.1) is 5.92 Å². The lowest BCUT2D eigenvalue weighted by Crippen LogP contribution is -2.45. The summed E-state index contributed by atoms with van der Waals surface area (Å²) in [6, 6.07) is 0. The van der Waals surface area contributed by atoms with Crippen molar-refractivity contribution in [3.8, 4) is 0 Å². The molecule has 0 aromatic rings. The second-order valence-corrected chi connectivity index (χ2v) is 4.54. The van der Waals surface area contributed by atoms with Gasteiger partial charge in [-0.2, -0.15) is 0 Å². The maximum Gasteiger partial charge on any atom is 0.253 e. The monoisotopic (exact) mass is 185 g/mol. The number of nitrogens with zero attached hydrogens (tertiary/aromatic N) is 1. The lowest BCUT2D eigenvalue weighted by molar-refractivity contribution is -0.147. The van der Waals surface area contributed by atoms with E-state index in [9.17, 15) is 9.90 Å². The van der Waals surface area contributed by atoms with E-state index < -0.39 is 5.60 Å². The van der Waals surface area contributed by atoms with Crippen LogP contribution in [0.25, 0.3) is 0 Å². The molecule has 1 aliphatic carbocycles. The van der Waals surface area contributed by atoms with E-state index in [1.165, 1.54) is 33.1 Å². The number of amides is 1. The Morgan fingerprint density at radius 2 is 2.08 bits per heavy atom. The molecule has 13 heavy (non-hydrogen) atoms. The molecule has 0 atom stereocenters. The molecule has 1 aliphatic rings. The molecule has 0 spiro atoms. The molecule has 3 nitrogen and oxygen atoms in total. The van der Waals surface area contributed by atoms with E-state index in [0.29, 0.717) is 5.92 Å². The fraction of sp³-hybridized carbons (Fsp3) is 0.900. The molecule has 1 saturated carbocycles. The van der Waals surface area contributed by atoms with Crippen LogP contribution in [0.4, 0.5) is 0 Å². The van der Waals surface area contributed by atoms with Crippen LogP contribution in [-0.2, 0) is 4.79 Å². The third-order valence-electron chi connectivity index (χ3n) is 2.63. The zero-order chi connectivity index (χ0) is 10.1. The van der Waals surface area contributed by atoms with Crippen molar-refractivity contribution >= 4 is 5.91 Å². The number of aliphatic hydroxyl groups is 1. The molecular formula is C10H19NO2. The Morgan fingerprint density at radius 1 is 1.54 bits per heavy atom. The van der Waals surface area contributed by atoms with Gasteiger partial charge in [-0.05, 0) is 32.6 Å². The first-order valence-electron chi connectivity index (χ1n) is 4.89. The molecule has 0 aliphatic heterocycles. The normalized spacial score (nSPS) is 18.2. The molecule has 0 aromatic carbocycles. The van der Waals surface area contributed by atoms with Gasteiger partial charge in [0.2, 0.25) is 0 Å². The number of carbonyl (C=O) groups is 1. The highest BCUT2D eigenvalue weighted by Crippen LogP contribution is 2.27. The molecule has 3 heteroatoms. The number of hydrogen-bond acceptors (Lipinski definition) is 2. The van der Waals surface area contributed by atoms with Gasteiger partial charge in [-0.15, -0.1) is 0 Å². The van der Waals surface area contributed by atoms with Crippen LogP contribution in [0.1, 0.15) is 33.1 Å². The SMILES string of the molecule is CN(CC1CCC1)C(=O)C(C)(C)O. The van der Waals surface area contributed by atoms with E-state index in [4.69, 9.17) is 0 Å². The Morgan fingerprint density at radius 3 is 2.38 bits per heavy atom.